The first kappa shape index (κ1) is 21.2. The number of carbonyl (C=O) groups is 1. The second kappa shape index (κ2) is 9.83. The molecule has 4 rings (SSSR count). The minimum Gasteiger partial charge on any atom is -0.345 e. The van der Waals surface area contributed by atoms with E-state index in [1.54, 1.807) is 23.1 Å². The summed E-state index contributed by atoms with van der Waals surface area (Å²) in [5.74, 6) is 1.97. The van der Waals surface area contributed by atoms with Gasteiger partial charge < -0.3 is 15.5 Å². The molecule has 9 heteroatoms. The van der Waals surface area contributed by atoms with Crippen LogP contribution in [-0.4, -0.2) is 77.6 Å². The maximum atomic E-state index is 12.3. The van der Waals surface area contributed by atoms with Crippen molar-refractivity contribution in [1.82, 2.24) is 14.8 Å². The number of hydrogen-bond donors (Lipinski definition) is 1. The molecule has 2 aliphatic rings. The average Bonchev–Trinajstić information content (AvgIpc) is 3.40. The maximum Gasteiger partial charge on any atom is 0.240 e. The molecule has 1 atom stereocenters. The van der Waals surface area contributed by atoms with Crippen LogP contribution in [0.4, 0.5) is 5.13 Å². The summed E-state index contributed by atoms with van der Waals surface area (Å²) >= 11 is 9.62. The zero-order valence-electron chi connectivity index (χ0n) is 16.6. The minimum absolute atomic E-state index is 0.126. The van der Waals surface area contributed by atoms with Crippen molar-refractivity contribution in [1.29, 1.82) is 0 Å². The molecule has 158 valence electrons. The lowest BCUT2D eigenvalue weighted by molar-refractivity contribution is -0.131. The summed E-state index contributed by atoms with van der Waals surface area (Å²) < 4.78 is 1.19. The SMILES string of the molecule is N[C@@H](CCCCN1CCN(c2nc3cc(Cl)ccc3s2)CC1)C(=O)N1CCSC1. The highest BCUT2D eigenvalue weighted by molar-refractivity contribution is 7.99. The predicted molar refractivity (Wildman–Crippen MR) is 124 cm³/mol. The topological polar surface area (TPSA) is 65.7 Å². The Balaban J connectivity index is 1.16. The summed E-state index contributed by atoms with van der Waals surface area (Å²) in [6.45, 7) is 6.02. The van der Waals surface area contributed by atoms with E-state index in [0.29, 0.717) is 0 Å². The molecule has 2 saturated heterocycles. The van der Waals surface area contributed by atoms with Gasteiger partial charge in [-0.25, -0.2) is 4.98 Å². The molecule has 6 nitrogen and oxygen atoms in total. The van der Waals surface area contributed by atoms with Crippen LogP contribution in [0.2, 0.25) is 5.02 Å². The van der Waals surface area contributed by atoms with Gasteiger partial charge in [-0.1, -0.05) is 29.4 Å². The molecule has 1 aromatic carbocycles. The van der Waals surface area contributed by atoms with Gasteiger partial charge in [-0.2, -0.15) is 0 Å². The van der Waals surface area contributed by atoms with Crippen molar-refractivity contribution in [3.05, 3.63) is 23.2 Å². The molecule has 3 heterocycles. The van der Waals surface area contributed by atoms with Gasteiger partial charge in [0, 0.05) is 43.5 Å². The molecular formula is C20H28ClN5OS2. The second-order valence-corrected chi connectivity index (χ2v) is 10.2. The van der Waals surface area contributed by atoms with E-state index in [2.05, 4.69) is 9.80 Å². The molecule has 0 spiro atoms. The molecular weight excluding hydrogens is 426 g/mol. The maximum absolute atomic E-state index is 12.3. The number of thioether (sulfide) groups is 1. The monoisotopic (exact) mass is 453 g/mol. The van der Waals surface area contributed by atoms with Gasteiger partial charge >= 0.3 is 0 Å². The third kappa shape index (κ3) is 5.35. The molecule has 1 aromatic heterocycles. The van der Waals surface area contributed by atoms with Crippen molar-refractivity contribution in [3.63, 3.8) is 0 Å². The predicted octanol–water partition coefficient (Wildman–Crippen LogP) is 3.10. The Labute approximate surface area is 185 Å². The van der Waals surface area contributed by atoms with Gasteiger partial charge in [-0.15, -0.1) is 11.8 Å². The number of carbonyl (C=O) groups excluding carboxylic acids is 1. The number of piperazine rings is 1. The van der Waals surface area contributed by atoms with Gasteiger partial charge in [-0.05, 0) is 37.6 Å². The first-order valence-electron chi connectivity index (χ1n) is 10.3. The van der Waals surface area contributed by atoms with Crippen LogP contribution in [0.3, 0.4) is 0 Å². The number of amides is 1. The van der Waals surface area contributed by atoms with Crippen molar-refractivity contribution < 1.29 is 4.79 Å². The fraction of sp³-hybridized carbons (Fsp3) is 0.600. The van der Waals surface area contributed by atoms with E-state index in [-0.39, 0.29) is 11.9 Å². The Kier molecular flexibility index (Phi) is 7.18. The number of fused-ring (bicyclic) bond motifs is 1. The highest BCUT2D eigenvalue weighted by Crippen LogP contribution is 2.31. The number of anilines is 1. The van der Waals surface area contributed by atoms with Crippen LogP contribution in [-0.2, 0) is 4.79 Å². The van der Waals surface area contributed by atoms with Crippen molar-refractivity contribution in [2.45, 2.75) is 25.3 Å². The number of aromatic nitrogens is 1. The Morgan fingerprint density at radius 3 is 2.79 bits per heavy atom. The molecule has 2 fully saturated rings. The van der Waals surface area contributed by atoms with Crippen LogP contribution in [0.15, 0.2) is 18.2 Å². The number of unbranched alkanes of at least 4 members (excludes halogenated alkanes) is 1. The zero-order valence-corrected chi connectivity index (χ0v) is 18.9. The zero-order chi connectivity index (χ0) is 20.2. The van der Waals surface area contributed by atoms with E-state index in [0.717, 1.165) is 85.8 Å². The number of nitrogens with zero attached hydrogens (tertiary/aromatic N) is 4. The molecule has 0 saturated carbocycles. The third-order valence-electron chi connectivity index (χ3n) is 5.60. The van der Waals surface area contributed by atoms with E-state index in [1.807, 2.05) is 23.1 Å². The fourth-order valence-electron chi connectivity index (χ4n) is 3.83. The van der Waals surface area contributed by atoms with Gasteiger partial charge in [0.1, 0.15) is 0 Å². The third-order valence-corrected chi connectivity index (χ3v) is 7.90. The molecule has 29 heavy (non-hydrogen) atoms. The molecule has 2 aliphatic heterocycles. The summed E-state index contributed by atoms with van der Waals surface area (Å²) in [5.41, 5.74) is 7.09. The fourth-order valence-corrected chi connectivity index (χ4v) is 5.95. The quantitative estimate of drug-likeness (QED) is 0.650. The Hall–Kier alpha value is -1.06. The molecule has 0 bridgehead atoms. The average molecular weight is 454 g/mol. The van der Waals surface area contributed by atoms with Crippen LogP contribution in [0.5, 0.6) is 0 Å². The summed E-state index contributed by atoms with van der Waals surface area (Å²) in [4.78, 5) is 23.8. The first-order valence-corrected chi connectivity index (χ1v) is 12.6. The van der Waals surface area contributed by atoms with Gasteiger partial charge in [-0.3, -0.25) is 9.69 Å². The van der Waals surface area contributed by atoms with Crippen LogP contribution in [0.1, 0.15) is 19.3 Å². The standard InChI is InChI=1S/C20H28ClN5OS2/c21-15-4-5-18-17(13-15)23-20(29-18)25-9-7-24(8-10-25)6-2-1-3-16(22)19(27)26-11-12-28-14-26/h4-5,13,16H,1-3,6-12,14,22H2/t16-/m0/s1. The lowest BCUT2D eigenvalue weighted by Crippen LogP contribution is -2.46. The van der Waals surface area contributed by atoms with E-state index < -0.39 is 0 Å². The van der Waals surface area contributed by atoms with E-state index >= 15 is 0 Å². The first-order chi connectivity index (χ1) is 14.1. The Morgan fingerprint density at radius 2 is 2.03 bits per heavy atom. The number of halogens is 1. The Bertz CT molecular complexity index is 833. The lowest BCUT2D eigenvalue weighted by Gasteiger charge is -2.34. The highest BCUT2D eigenvalue weighted by Gasteiger charge is 2.24. The van der Waals surface area contributed by atoms with Gasteiger partial charge in [0.05, 0.1) is 22.1 Å². The number of benzene rings is 1. The number of rotatable bonds is 7. The second-order valence-electron chi connectivity index (χ2n) is 7.68. The minimum atomic E-state index is -0.335. The smallest absolute Gasteiger partial charge is 0.240 e. The molecule has 1 amide bonds. The summed E-state index contributed by atoms with van der Waals surface area (Å²) in [6, 6.07) is 5.57. The van der Waals surface area contributed by atoms with Crippen LogP contribution < -0.4 is 10.6 Å². The van der Waals surface area contributed by atoms with Gasteiger partial charge in [0.2, 0.25) is 5.91 Å². The van der Waals surface area contributed by atoms with Gasteiger partial charge in [0.25, 0.3) is 0 Å². The highest BCUT2D eigenvalue weighted by atomic mass is 35.5. The molecule has 2 N–H and O–H groups in total. The molecule has 0 unspecified atom stereocenters. The van der Waals surface area contributed by atoms with Crippen molar-refractivity contribution in [2.75, 3.05) is 55.8 Å². The summed E-state index contributed by atoms with van der Waals surface area (Å²) in [7, 11) is 0. The molecule has 0 radical (unpaired) electrons. The number of thiazole rings is 1. The van der Waals surface area contributed by atoms with Crippen molar-refractivity contribution >= 4 is 56.0 Å². The molecule has 0 aliphatic carbocycles. The van der Waals surface area contributed by atoms with E-state index in [9.17, 15) is 4.79 Å². The largest absolute Gasteiger partial charge is 0.345 e. The Morgan fingerprint density at radius 1 is 1.21 bits per heavy atom. The van der Waals surface area contributed by atoms with Crippen molar-refractivity contribution in [3.8, 4) is 0 Å². The van der Waals surface area contributed by atoms with Crippen LogP contribution >= 0.6 is 34.7 Å². The van der Waals surface area contributed by atoms with Crippen LogP contribution in [0.25, 0.3) is 10.2 Å². The normalized spacial score (nSPS) is 19.2. The van der Waals surface area contributed by atoms with Gasteiger partial charge in [0.15, 0.2) is 5.13 Å². The van der Waals surface area contributed by atoms with E-state index in [1.165, 1.54) is 4.70 Å². The number of hydrogen-bond acceptors (Lipinski definition) is 7. The summed E-state index contributed by atoms with van der Waals surface area (Å²) in [6.07, 6.45) is 2.89. The van der Waals surface area contributed by atoms with Crippen LogP contribution in [0, 0.1) is 0 Å². The summed E-state index contributed by atoms with van der Waals surface area (Å²) in [5, 5.41) is 1.83. The van der Waals surface area contributed by atoms with E-state index in [4.69, 9.17) is 22.3 Å². The van der Waals surface area contributed by atoms with Crippen molar-refractivity contribution in [2.24, 2.45) is 5.73 Å². The lowest BCUT2D eigenvalue weighted by atomic mass is 10.1. The number of nitrogens with two attached hydrogens (primary N) is 1. The molecule has 2 aromatic rings.